The number of rotatable bonds is 2. The maximum Gasteiger partial charge on any atom is 0.223 e. The van der Waals surface area contributed by atoms with Crippen LogP contribution in [0.5, 0.6) is 0 Å². The van der Waals surface area contributed by atoms with Crippen molar-refractivity contribution in [3.8, 4) is 0 Å². The fourth-order valence-corrected chi connectivity index (χ4v) is 3.28. The van der Waals surface area contributed by atoms with Gasteiger partial charge in [-0.2, -0.15) is 0 Å². The van der Waals surface area contributed by atoms with Gasteiger partial charge in [0.25, 0.3) is 0 Å². The quantitative estimate of drug-likeness (QED) is 0.705. The van der Waals surface area contributed by atoms with E-state index in [0.29, 0.717) is 11.8 Å². The van der Waals surface area contributed by atoms with Crippen LogP contribution in [0.3, 0.4) is 0 Å². The minimum Gasteiger partial charge on any atom is -0.342 e. The number of nitrogens with zero attached hydrogens (tertiary/aromatic N) is 1. The SMILES string of the molecule is O=C(CC1C=CCC1)N1CC2CNCC2C1. The van der Waals surface area contributed by atoms with Crippen LogP contribution in [0.4, 0.5) is 0 Å². The van der Waals surface area contributed by atoms with E-state index in [4.69, 9.17) is 0 Å². The molecule has 0 aromatic carbocycles. The lowest BCUT2D eigenvalue weighted by molar-refractivity contribution is -0.131. The molecule has 88 valence electrons. The average molecular weight is 220 g/mol. The molecule has 0 radical (unpaired) electrons. The molecule has 3 rings (SSSR count). The largest absolute Gasteiger partial charge is 0.342 e. The van der Waals surface area contributed by atoms with Crippen molar-refractivity contribution in [1.29, 1.82) is 0 Å². The van der Waals surface area contributed by atoms with E-state index >= 15 is 0 Å². The topological polar surface area (TPSA) is 32.3 Å². The Hall–Kier alpha value is -0.830. The second kappa shape index (κ2) is 4.21. The molecule has 3 aliphatic rings. The lowest BCUT2D eigenvalue weighted by Gasteiger charge is -2.19. The smallest absolute Gasteiger partial charge is 0.223 e. The Kier molecular flexibility index (Phi) is 2.72. The highest BCUT2D eigenvalue weighted by Crippen LogP contribution is 2.28. The molecule has 0 aromatic rings. The molecule has 0 bridgehead atoms. The zero-order chi connectivity index (χ0) is 11.0. The van der Waals surface area contributed by atoms with Gasteiger partial charge in [-0.05, 0) is 30.6 Å². The second-order valence-corrected chi connectivity index (χ2v) is 5.45. The third kappa shape index (κ3) is 1.88. The molecule has 3 nitrogen and oxygen atoms in total. The molecule has 3 atom stereocenters. The van der Waals surface area contributed by atoms with Crippen LogP contribution in [-0.4, -0.2) is 37.0 Å². The van der Waals surface area contributed by atoms with E-state index in [-0.39, 0.29) is 0 Å². The first kappa shape index (κ1) is 10.3. The Morgan fingerprint density at radius 1 is 1.31 bits per heavy atom. The van der Waals surface area contributed by atoms with E-state index in [2.05, 4.69) is 22.4 Å². The van der Waals surface area contributed by atoms with Gasteiger partial charge in [-0.1, -0.05) is 12.2 Å². The highest BCUT2D eigenvalue weighted by molar-refractivity contribution is 5.77. The van der Waals surface area contributed by atoms with Crippen molar-refractivity contribution in [3.05, 3.63) is 12.2 Å². The summed E-state index contributed by atoms with van der Waals surface area (Å²) in [4.78, 5) is 14.2. The zero-order valence-corrected chi connectivity index (χ0v) is 9.69. The molecule has 3 heteroatoms. The molecule has 3 unspecified atom stereocenters. The molecule has 1 aliphatic carbocycles. The lowest BCUT2D eigenvalue weighted by atomic mass is 10.0. The normalized spacial score (nSPS) is 37.0. The van der Waals surface area contributed by atoms with Crippen molar-refractivity contribution in [3.63, 3.8) is 0 Å². The molecular formula is C13H20N2O. The van der Waals surface area contributed by atoms with E-state index in [1.807, 2.05) is 0 Å². The summed E-state index contributed by atoms with van der Waals surface area (Å²) in [7, 11) is 0. The predicted molar refractivity (Wildman–Crippen MR) is 62.9 cm³/mol. The van der Waals surface area contributed by atoms with E-state index in [1.165, 1.54) is 6.42 Å². The Morgan fingerprint density at radius 2 is 2.06 bits per heavy atom. The molecule has 2 fully saturated rings. The number of allylic oxidation sites excluding steroid dienone is 2. The van der Waals surface area contributed by atoms with Crippen LogP contribution in [0.2, 0.25) is 0 Å². The Labute approximate surface area is 96.9 Å². The number of nitrogens with one attached hydrogen (secondary N) is 1. The number of fused-ring (bicyclic) bond motifs is 1. The molecular weight excluding hydrogens is 200 g/mol. The van der Waals surface area contributed by atoms with Crippen molar-refractivity contribution in [2.24, 2.45) is 17.8 Å². The van der Waals surface area contributed by atoms with Gasteiger partial charge in [0.2, 0.25) is 5.91 Å². The Bertz CT molecular complexity index is 301. The minimum absolute atomic E-state index is 0.381. The highest BCUT2D eigenvalue weighted by atomic mass is 16.2. The third-order valence-corrected chi connectivity index (χ3v) is 4.29. The predicted octanol–water partition coefficient (Wildman–Crippen LogP) is 1.02. The van der Waals surface area contributed by atoms with Crippen molar-refractivity contribution in [2.45, 2.75) is 19.3 Å². The molecule has 1 N–H and O–H groups in total. The maximum atomic E-state index is 12.1. The summed E-state index contributed by atoms with van der Waals surface area (Å²) in [5, 5.41) is 3.41. The van der Waals surface area contributed by atoms with Crippen LogP contribution in [-0.2, 0) is 4.79 Å². The van der Waals surface area contributed by atoms with Gasteiger partial charge in [0.1, 0.15) is 0 Å². The summed E-state index contributed by atoms with van der Waals surface area (Å²) in [5.74, 6) is 2.35. The van der Waals surface area contributed by atoms with E-state index < -0.39 is 0 Å². The summed E-state index contributed by atoms with van der Waals surface area (Å²) in [6, 6.07) is 0. The molecule has 2 aliphatic heterocycles. The van der Waals surface area contributed by atoms with E-state index in [0.717, 1.165) is 50.9 Å². The summed E-state index contributed by atoms with van der Waals surface area (Å²) in [6.45, 7) is 4.20. The van der Waals surface area contributed by atoms with Crippen molar-refractivity contribution >= 4 is 5.91 Å². The fraction of sp³-hybridized carbons (Fsp3) is 0.769. The third-order valence-electron chi connectivity index (χ3n) is 4.29. The minimum atomic E-state index is 0.381. The maximum absolute atomic E-state index is 12.1. The number of hydrogen-bond donors (Lipinski definition) is 1. The Morgan fingerprint density at radius 3 is 2.69 bits per heavy atom. The van der Waals surface area contributed by atoms with Crippen LogP contribution in [0.15, 0.2) is 12.2 Å². The van der Waals surface area contributed by atoms with Crippen LogP contribution in [0.25, 0.3) is 0 Å². The number of carbonyl (C=O) groups is 1. The summed E-state index contributed by atoms with van der Waals surface area (Å²) >= 11 is 0. The number of likely N-dealkylation sites (tertiary alicyclic amines) is 1. The summed E-state index contributed by atoms with van der Waals surface area (Å²) < 4.78 is 0. The summed E-state index contributed by atoms with van der Waals surface area (Å²) in [5.41, 5.74) is 0. The standard InChI is InChI=1S/C13H20N2O/c16-13(5-10-3-1-2-4-10)15-8-11-6-14-7-12(11)9-15/h1,3,10-12,14H,2,4-9H2. The van der Waals surface area contributed by atoms with E-state index in [1.54, 1.807) is 0 Å². The molecule has 0 aromatic heterocycles. The molecule has 1 amide bonds. The first-order chi connectivity index (χ1) is 7.83. The summed E-state index contributed by atoms with van der Waals surface area (Å²) in [6.07, 6.45) is 7.50. The van der Waals surface area contributed by atoms with Gasteiger partial charge in [-0.15, -0.1) is 0 Å². The van der Waals surface area contributed by atoms with Gasteiger partial charge in [0.15, 0.2) is 0 Å². The molecule has 16 heavy (non-hydrogen) atoms. The first-order valence-electron chi connectivity index (χ1n) is 6.48. The van der Waals surface area contributed by atoms with Crippen molar-refractivity contribution in [2.75, 3.05) is 26.2 Å². The first-order valence-corrected chi connectivity index (χ1v) is 6.48. The van der Waals surface area contributed by atoms with Crippen molar-refractivity contribution in [1.82, 2.24) is 10.2 Å². The number of amides is 1. The van der Waals surface area contributed by atoms with Gasteiger partial charge in [0.05, 0.1) is 0 Å². The lowest BCUT2D eigenvalue weighted by Crippen LogP contribution is -2.32. The average Bonchev–Trinajstić information content (AvgIpc) is 2.91. The van der Waals surface area contributed by atoms with Gasteiger partial charge in [-0.25, -0.2) is 0 Å². The van der Waals surface area contributed by atoms with Gasteiger partial charge < -0.3 is 10.2 Å². The molecule has 0 spiro atoms. The van der Waals surface area contributed by atoms with Crippen molar-refractivity contribution < 1.29 is 4.79 Å². The second-order valence-electron chi connectivity index (χ2n) is 5.45. The van der Waals surface area contributed by atoms with Crippen LogP contribution >= 0.6 is 0 Å². The van der Waals surface area contributed by atoms with E-state index in [9.17, 15) is 4.79 Å². The molecule has 2 saturated heterocycles. The highest BCUT2D eigenvalue weighted by Gasteiger charge is 2.38. The Balaban J connectivity index is 1.53. The van der Waals surface area contributed by atoms with Crippen LogP contribution < -0.4 is 5.32 Å². The monoisotopic (exact) mass is 220 g/mol. The zero-order valence-electron chi connectivity index (χ0n) is 9.69. The number of hydrogen-bond acceptors (Lipinski definition) is 2. The molecule has 0 saturated carbocycles. The van der Waals surface area contributed by atoms with Gasteiger partial charge >= 0.3 is 0 Å². The van der Waals surface area contributed by atoms with Crippen LogP contribution in [0.1, 0.15) is 19.3 Å². The van der Waals surface area contributed by atoms with Gasteiger partial charge in [0, 0.05) is 32.6 Å². The molecule has 2 heterocycles. The number of carbonyl (C=O) groups excluding carboxylic acids is 1. The fourth-order valence-electron chi connectivity index (χ4n) is 3.28. The van der Waals surface area contributed by atoms with Gasteiger partial charge in [-0.3, -0.25) is 4.79 Å². The van der Waals surface area contributed by atoms with Crippen LogP contribution in [0, 0.1) is 17.8 Å².